The van der Waals surface area contributed by atoms with E-state index in [1.54, 1.807) is 6.07 Å². The van der Waals surface area contributed by atoms with Gasteiger partial charge in [-0.3, -0.25) is 4.79 Å². The largest absolute Gasteiger partial charge is 0.493 e. The van der Waals surface area contributed by atoms with Gasteiger partial charge in [0.2, 0.25) is 0 Å². The Morgan fingerprint density at radius 3 is 2.50 bits per heavy atom. The zero-order valence-corrected chi connectivity index (χ0v) is 17.9. The molecule has 9 heteroatoms. The Labute approximate surface area is 188 Å². The van der Waals surface area contributed by atoms with Gasteiger partial charge in [-0.05, 0) is 35.9 Å². The molecular weight excluding hydrogens is 451 g/mol. The van der Waals surface area contributed by atoms with Crippen LogP contribution >= 0.6 is 34.8 Å². The van der Waals surface area contributed by atoms with Gasteiger partial charge in [-0.25, -0.2) is 4.79 Å². The first-order valence-corrected chi connectivity index (χ1v) is 9.50. The molecule has 2 aromatic rings. The van der Waals surface area contributed by atoms with Crippen LogP contribution in [0, 0.1) is 11.3 Å². The summed E-state index contributed by atoms with van der Waals surface area (Å²) in [5.41, 5.74) is 0.291. The normalized spacial score (nSPS) is 10.7. The van der Waals surface area contributed by atoms with Gasteiger partial charge in [-0.2, -0.15) is 5.26 Å². The second-order valence-corrected chi connectivity index (χ2v) is 6.88. The lowest BCUT2D eigenvalue weighted by Crippen LogP contribution is -2.24. The van der Waals surface area contributed by atoms with Crippen molar-refractivity contribution in [2.45, 2.75) is 0 Å². The molecule has 0 spiro atoms. The Morgan fingerprint density at radius 1 is 1.17 bits per heavy atom. The number of amides is 1. The van der Waals surface area contributed by atoms with Gasteiger partial charge in [0.1, 0.15) is 11.6 Å². The molecule has 0 unspecified atom stereocenters. The minimum atomic E-state index is -0.824. The van der Waals surface area contributed by atoms with E-state index in [2.05, 4.69) is 11.9 Å². The number of carbonyl (C=O) groups excluding carboxylic acids is 2. The third kappa shape index (κ3) is 5.55. The van der Waals surface area contributed by atoms with Crippen LogP contribution in [0.25, 0.3) is 6.08 Å². The number of hydrogen-bond donors (Lipinski definition) is 1. The Bertz CT molecular complexity index is 1070. The number of nitrogens with one attached hydrogen (secondary N) is 1. The van der Waals surface area contributed by atoms with Crippen LogP contribution < -0.4 is 14.8 Å². The molecule has 0 radical (unpaired) electrons. The summed E-state index contributed by atoms with van der Waals surface area (Å²) < 4.78 is 10.6. The van der Waals surface area contributed by atoms with Crippen molar-refractivity contribution >= 4 is 52.8 Å². The molecule has 0 bridgehead atoms. The molecular formula is C21H15Cl3N2O4. The van der Waals surface area contributed by atoms with E-state index in [-0.39, 0.29) is 44.2 Å². The second-order valence-electron chi connectivity index (χ2n) is 5.69. The van der Waals surface area contributed by atoms with Crippen LogP contribution in [-0.4, -0.2) is 25.5 Å². The third-order valence-electron chi connectivity index (χ3n) is 3.72. The van der Waals surface area contributed by atoms with Crippen LogP contribution in [0.2, 0.25) is 15.1 Å². The molecule has 6 nitrogen and oxygen atoms in total. The summed E-state index contributed by atoms with van der Waals surface area (Å²) in [6.07, 6.45) is 2.87. The summed E-state index contributed by atoms with van der Waals surface area (Å²) in [4.78, 5) is 24.5. The van der Waals surface area contributed by atoms with E-state index in [9.17, 15) is 14.9 Å². The quantitative estimate of drug-likeness (QED) is 0.154. The van der Waals surface area contributed by atoms with Crippen LogP contribution in [0.1, 0.15) is 15.9 Å². The zero-order valence-electron chi connectivity index (χ0n) is 15.7. The maximum atomic E-state index is 12.6. The number of nitrogens with zero attached hydrogens (tertiary/aromatic N) is 1. The Kier molecular flexibility index (Phi) is 8.31. The number of carbonyl (C=O) groups is 2. The molecule has 0 fully saturated rings. The molecule has 0 aliphatic rings. The fraction of sp³-hybridized carbons (Fsp3) is 0.0952. The molecule has 0 aliphatic carbocycles. The number of hydrogen-bond acceptors (Lipinski definition) is 5. The minimum absolute atomic E-state index is 0.0307. The van der Waals surface area contributed by atoms with Crippen LogP contribution in [-0.2, 0) is 4.79 Å². The van der Waals surface area contributed by atoms with E-state index >= 15 is 0 Å². The number of halogens is 3. The molecule has 2 rings (SSSR count). The lowest BCUT2D eigenvalue weighted by molar-refractivity contribution is -0.116. The number of ether oxygens (including phenoxy) is 2. The topological polar surface area (TPSA) is 88.4 Å². The third-order valence-corrected chi connectivity index (χ3v) is 4.84. The highest BCUT2D eigenvalue weighted by Gasteiger charge is 2.21. The first kappa shape index (κ1) is 23.3. The highest BCUT2D eigenvalue weighted by molar-refractivity contribution is 6.46. The zero-order chi connectivity index (χ0) is 22.3. The van der Waals surface area contributed by atoms with Gasteiger partial charge in [-0.1, -0.05) is 46.9 Å². The average molecular weight is 466 g/mol. The molecule has 0 saturated heterocycles. The van der Waals surface area contributed by atoms with E-state index < -0.39 is 11.9 Å². The monoisotopic (exact) mass is 464 g/mol. The molecule has 0 heterocycles. The molecule has 0 aromatic heterocycles. The van der Waals surface area contributed by atoms with Gasteiger partial charge in [-0.15, -0.1) is 6.58 Å². The highest BCUT2D eigenvalue weighted by Crippen LogP contribution is 2.34. The molecule has 0 saturated carbocycles. The van der Waals surface area contributed by atoms with Crippen molar-refractivity contribution < 1.29 is 19.1 Å². The van der Waals surface area contributed by atoms with E-state index in [0.29, 0.717) is 5.56 Å². The van der Waals surface area contributed by atoms with Crippen LogP contribution in [0.3, 0.4) is 0 Å². The van der Waals surface area contributed by atoms with Crippen LogP contribution in [0.15, 0.2) is 48.6 Å². The lowest BCUT2D eigenvalue weighted by atomic mass is 10.1. The summed E-state index contributed by atoms with van der Waals surface area (Å²) in [5, 5.41) is 11.9. The molecule has 30 heavy (non-hydrogen) atoms. The molecule has 1 N–H and O–H groups in total. The SMILES string of the molecule is C=CCNC(=O)C(C#N)=Cc1ccc(OC(=O)c2c(Cl)ccc(Cl)c2Cl)c(OC)c1. The minimum Gasteiger partial charge on any atom is -0.493 e. The Morgan fingerprint density at radius 2 is 1.87 bits per heavy atom. The van der Waals surface area contributed by atoms with Crippen LogP contribution in [0.4, 0.5) is 0 Å². The summed E-state index contributed by atoms with van der Waals surface area (Å²) in [6.45, 7) is 3.72. The fourth-order valence-corrected chi connectivity index (χ4v) is 2.98. The van der Waals surface area contributed by atoms with Gasteiger partial charge >= 0.3 is 5.97 Å². The van der Waals surface area contributed by atoms with Gasteiger partial charge in [0, 0.05) is 6.54 Å². The summed E-state index contributed by atoms with van der Waals surface area (Å²) in [6, 6.07) is 9.22. The molecule has 154 valence electrons. The van der Waals surface area contributed by atoms with Crippen molar-refractivity contribution in [1.29, 1.82) is 5.26 Å². The van der Waals surface area contributed by atoms with E-state index in [1.807, 2.05) is 6.07 Å². The molecule has 0 aliphatic heterocycles. The van der Waals surface area contributed by atoms with Crippen molar-refractivity contribution in [3.8, 4) is 17.6 Å². The summed E-state index contributed by atoms with van der Waals surface area (Å²) in [7, 11) is 1.38. The Hall–Kier alpha value is -2.98. The maximum Gasteiger partial charge on any atom is 0.346 e. The average Bonchev–Trinajstić information content (AvgIpc) is 2.73. The Balaban J connectivity index is 2.33. The number of benzene rings is 2. The molecule has 0 atom stereocenters. The van der Waals surface area contributed by atoms with Crippen molar-refractivity contribution in [2.75, 3.05) is 13.7 Å². The van der Waals surface area contributed by atoms with Crippen molar-refractivity contribution in [1.82, 2.24) is 5.32 Å². The van der Waals surface area contributed by atoms with E-state index in [0.717, 1.165) is 0 Å². The predicted molar refractivity (Wildman–Crippen MR) is 116 cm³/mol. The number of esters is 1. The van der Waals surface area contributed by atoms with Gasteiger partial charge in [0.05, 0.1) is 27.7 Å². The van der Waals surface area contributed by atoms with Gasteiger partial charge in [0.25, 0.3) is 5.91 Å². The second kappa shape index (κ2) is 10.7. The van der Waals surface area contributed by atoms with Crippen molar-refractivity contribution in [2.24, 2.45) is 0 Å². The number of methoxy groups -OCH3 is 1. The highest BCUT2D eigenvalue weighted by atomic mass is 35.5. The van der Waals surface area contributed by atoms with Crippen molar-refractivity contribution in [3.63, 3.8) is 0 Å². The number of rotatable bonds is 7. The lowest BCUT2D eigenvalue weighted by Gasteiger charge is -2.12. The standard InChI is InChI=1S/C21H15Cl3N2O4/c1-3-8-26-20(27)13(11-25)9-12-4-7-16(17(10-12)29-2)30-21(28)18-14(22)5-6-15(23)19(18)24/h3-7,9-10H,1,8H2,2H3,(H,26,27). The van der Waals surface area contributed by atoms with Gasteiger partial charge < -0.3 is 14.8 Å². The van der Waals surface area contributed by atoms with Gasteiger partial charge in [0.15, 0.2) is 11.5 Å². The smallest absolute Gasteiger partial charge is 0.346 e. The predicted octanol–water partition coefficient (Wildman–Crippen LogP) is 5.08. The van der Waals surface area contributed by atoms with E-state index in [1.165, 1.54) is 43.5 Å². The summed E-state index contributed by atoms with van der Waals surface area (Å²) in [5.74, 6) is -1.09. The first-order valence-electron chi connectivity index (χ1n) is 8.37. The molecule has 1 amide bonds. The maximum absolute atomic E-state index is 12.6. The fourth-order valence-electron chi connectivity index (χ4n) is 2.30. The number of nitriles is 1. The first-order chi connectivity index (χ1) is 14.3. The molecule has 2 aromatic carbocycles. The summed E-state index contributed by atoms with van der Waals surface area (Å²) >= 11 is 18.0. The van der Waals surface area contributed by atoms with Crippen LogP contribution in [0.5, 0.6) is 11.5 Å². The van der Waals surface area contributed by atoms with E-state index in [4.69, 9.17) is 44.3 Å². The van der Waals surface area contributed by atoms with Crippen molar-refractivity contribution in [3.05, 3.63) is 74.8 Å².